The van der Waals surface area contributed by atoms with Gasteiger partial charge in [0, 0.05) is 0 Å². The van der Waals surface area contributed by atoms with Crippen LogP contribution in [-0.2, 0) is 16.0 Å². The summed E-state index contributed by atoms with van der Waals surface area (Å²) in [6, 6.07) is 5.49. The lowest BCUT2D eigenvalue weighted by Crippen LogP contribution is -2.13. The predicted molar refractivity (Wildman–Crippen MR) is 70.5 cm³/mol. The van der Waals surface area contributed by atoms with Gasteiger partial charge in [-0.25, -0.2) is 4.79 Å². The van der Waals surface area contributed by atoms with Gasteiger partial charge in [0.25, 0.3) is 0 Å². The molecule has 0 aliphatic carbocycles. The molecule has 1 aromatic rings. The van der Waals surface area contributed by atoms with Crippen molar-refractivity contribution in [2.45, 2.75) is 6.42 Å². The fraction of sp³-hybridized carbons (Fsp3) is 0.417. The van der Waals surface area contributed by atoms with Gasteiger partial charge in [-0.3, -0.25) is 0 Å². The van der Waals surface area contributed by atoms with Crippen molar-refractivity contribution in [3.05, 3.63) is 23.8 Å². The molecular weight excluding hydrogens is 258 g/mol. The Balaban J connectivity index is 0.00000289. The van der Waals surface area contributed by atoms with Crippen LogP contribution in [-0.4, -0.2) is 33.3 Å². The number of rotatable bonds is 6. The monoisotopic (exact) mass is 275 g/mol. The van der Waals surface area contributed by atoms with E-state index in [-0.39, 0.29) is 19.0 Å². The van der Waals surface area contributed by atoms with Gasteiger partial charge in [0.1, 0.15) is 0 Å². The molecule has 0 amide bonds. The molecule has 0 fully saturated rings. The molecule has 0 aliphatic heterocycles. The smallest absolute Gasteiger partial charge is 0.343 e. The highest BCUT2D eigenvalue weighted by atomic mass is 35.5. The van der Waals surface area contributed by atoms with E-state index in [1.165, 1.54) is 7.11 Å². The first-order valence-corrected chi connectivity index (χ1v) is 5.28. The molecule has 0 heterocycles. The summed E-state index contributed by atoms with van der Waals surface area (Å²) < 4.78 is 14.9. The molecule has 0 radical (unpaired) electrons. The molecule has 5 nitrogen and oxygen atoms in total. The van der Waals surface area contributed by atoms with E-state index in [4.69, 9.17) is 15.2 Å². The minimum Gasteiger partial charge on any atom is -0.493 e. The van der Waals surface area contributed by atoms with Crippen LogP contribution in [0.2, 0.25) is 0 Å². The standard InChI is InChI=1S/C12H17NO4.ClH/c1-15-11-7-9(5-6-13)3-4-10(11)17-8-12(14)16-2;/h3-4,7H,5-6,8,13H2,1-2H3;1H. The van der Waals surface area contributed by atoms with E-state index in [0.717, 1.165) is 12.0 Å². The lowest BCUT2D eigenvalue weighted by atomic mass is 10.1. The summed E-state index contributed by atoms with van der Waals surface area (Å²) in [6.45, 7) is 0.439. The van der Waals surface area contributed by atoms with Gasteiger partial charge in [-0.2, -0.15) is 0 Å². The highest BCUT2D eigenvalue weighted by Gasteiger charge is 2.08. The summed E-state index contributed by atoms with van der Waals surface area (Å²) in [5, 5.41) is 0. The zero-order chi connectivity index (χ0) is 12.7. The Hall–Kier alpha value is -1.46. The second-order valence-corrected chi connectivity index (χ2v) is 3.39. The molecule has 0 aromatic heterocycles. The Morgan fingerprint density at radius 1 is 1.28 bits per heavy atom. The molecule has 0 unspecified atom stereocenters. The average Bonchev–Trinajstić information content (AvgIpc) is 2.36. The molecule has 0 atom stereocenters. The Bertz CT molecular complexity index is 384. The molecule has 0 saturated carbocycles. The molecule has 0 saturated heterocycles. The Labute approximate surface area is 113 Å². The molecular formula is C12H18ClNO4. The molecule has 1 rings (SSSR count). The first kappa shape index (κ1) is 16.5. The van der Waals surface area contributed by atoms with E-state index in [1.807, 2.05) is 12.1 Å². The summed E-state index contributed by atoms with van der Waals surface area (Å²) in [7, 11) is 2.86. The maximum Gasteiger partial charge on any atom is 0.343 e. The van der Waals surface area contributed by atoms with Crippen LogP contribution in [0.1, 0.15) is 5.56 Å². The second-order valence-electron chi connectivity index (χ2n) is 3.39. The van der Waals surface area contributed by atoms with E-state index in [2.05, 4.69) is 4.74 Å². The molecule has 1 aromatic carbocycles. The third-order valence-electron chi connectivity index (χ3n) is 2.23. The van der Waals surface area contributed by atoms with Gasteiger partial charge in [-0.1, -0.05) is 6.07 Å². The lowest BCUT2D eigenvalue weighted by Gasteiger charge is -2.11. The fourth-order valence-corrected chi connectivity index (χ4v) is 1.35. The van der Waals surface area contributed by atoms with Crippen LogP contribution in [0.4, 0.5) is 0 Å². The van der Waals surface area contributed by atoms with E-state index >= 15 is 0 Å². The molecule has 0 spiro atoms. The van der Waals surface area contributed by atoms with Crippen LogP contribution in [0.3, 0.4) is 0 Å². The molecule has 6 heteroatoms. The number of carbonyl (C=O) groups excluding carboxylic acids is 1. The fourth-order valence-electron chi connectivity index (χ4n) is 1.35. The molecule has 102 valence electrons. The largest absolute Gasteiger partial charge is 0.493 e. The number of carbonyl (C=O) groups is 1. The zero-order valence-corrected chi connectivity index (χ0v) is 11.3. The number of methoxy groups -OCH3 is 2. The minimum absolute atomic E-state index is 0. The van der Waals surface area contributed by atoms with Crippen molar-refractivity contribution in [3.8, 4) is 11.5 Å². The first-order valence-electron chi connectivity index (χ1n) is 5.28. The maximum atomic E-state index is 10.9. The maximum absolute atomic E-state index is 10.9. The number of halogens is 1. The number of hydrogen-bond acceptors (Lipinski definition) is 5. The van der Waals surface area contributed by atoms with Gasteiger partial charge in [-0.05, 0) is 30.7 Å². The Morgan fingerprint density at radius 3 is 2.56 bits per heavy atom. The predicted octanol–water partition coefficient (Wildman–Crippen LogP) is 1.17. The van der Waals surface area contributed by atoms with Crippen molar-refractivity contribution >= 4 is 18.4 Å². The summed E-state index contributed by atoms with van der Waals surface area (Å²) in [6.07, 6.45) is 0.771. The third-order valence-corrected chi connectivity index (χ3v) is 2.23. The number of nitrogens with two attached hydrogens (primary N) is 1. The van der Waals surface area contributed by atoms with Crippen molar-refractivity contribution in [3.63, 3.8) is 0 Å². The van der Waals surface area contributed by atoms with Crippen LogP contribution in [0, 0.1) is 0 Å². The second kappa shape index (κ2) is 8.60. The van der Waals surface area contributed by atoms with Crippen LogP contribution < -0.4 is 15.2 Å². The number of benzene rings is 1. The molecule has 0 aliphatic rings. The van der Waals surface area contributed by atoms with Crippen molar-refractivity contribution in [1.29, 1.82) is 0 Å². The SMILES string of the molecule is COC(=O)COc1ccc(CCN)cc1OC.Cl. The highest BCUT2D eigenvalue weighted by molar-refractivity contribution is 5.85. The van der Waals surface area contributed by atoms with E-state index in [0.29, 0.717) is 18.0 Å². The Morgan fingerprint density at radius 2 is 2.00 bits per heavy atom. The van der Waals surface area contributed by atoms with Gasteiger partial charge >= 0.3 is 5.97 Å². The molecule has 2 N–H and O–H groups in total. The third kappa shape index (κ3) is 4.81. The summed E-state index contributed by atoms with van der Waals surface area (Å²) in [4.78, 5) is 10.9. The van der Waals surface area contributed by atoms with Crippen LogP contribution in [0.15, 0.2) is 18.2 Å². The van der Waals surface area contributed by atoms with Gasteiger partial charge in [0.2, 0.25) is 0 Å². The summed E-state index contributed by atoms with van der Waals surface area (Å²) in [5.74, 6) is 0.664. The van der Waals surface area contributed by atoms with Gasteiger partial charge < -0.3 is 19.9 Å². The van der Waals surface area contributed by atoms with Crippen molar-refractivity contribution in [2.24, 2.45) is 5.73 Å². The van der Waals surface area contributed by atoms with Crippen molar-refractivity contribution in [1.82, 2.24) is 0 Å². The van der Waals surface area contributed by atoms with Crippen LogP contribution >= 0.6 is 12.4 Å². The molecule has 0 bridgehead atoms. The zero-order valence-electron chi connectivity index (χ0n) is 10.5. The first-order chi connectivity index (χ1) is 8.21. The van der Waals surface area contributed by atoms with E-state index < -0.39 is 5.97 Å². The van der Waals surface area contributed by atoms with E-state index in [1.54, 1.807) is 13.2 Å². The number of ether oxygens (including phenoxy) is 3. The van der Waals surface area contributed by atoms with Crippen LogP contribution in [0.5, 0.6) is 11.5 Å². The average molecular weight is 276 g/mol. The normalized spacial score (nSPS) is 9.28. The summed E-state index contributed by atoms with van der Waals surface area (Å²) in [5.41, 5.74) is 6.54. The molecule has 18 heavy (non-hydrogen) atoms. The lowest BCUT2D eigenvalue weighted by molar-refractivity contribution is -0.142. The van der Waals surface area contributed by atoms with E-state index in [9.17, 15) is 4.79 Å². The topological polar surface area (TPSA) is 70.8 Å². The van der Waals surface area contributed by atoms with Gasteiger partial charge in [0.05, 0.1) is 14.2 Å². The highest BCUT2D eigenvalue weighted by Crippen LogP contribution is 2.28. The van der Waals surface area contributed by atoms with Crippen LogP contribution in [0.25, 0.3) is 0 Å². The summed E-state index contributed by atoms with van der Waals surface area (Å²) >= 11 is 0. The Kier molecular flexibility index (Phi) is 7.91. The minimum atomic E-state index is -0.432. The number of hydrogen-bond donors (Lipinski definition) is 1. The van der Waals surface area contributed by atoms with Gasteiger partial charge in [0.15, 0.2) is 18.1 Å². The van der Waals surface area contributed by atoms with Crippen molar-refractivity contribution < 1.29 is 19.0 Å². The quantitative estimate of drug-likeness (QED) is 0.789. The van der Waals surface area contributed by atoms with Gasteiger partial charge in [-0.15, -0.1) is 12.4 Å². The van der Waals surface area contributed by atoms with Crippen molar-refractivity contribution in [2.75, 3.05) is 27.4 Å². The number of esters is 1.